The topological polar surface area (TPSA) is 79.0 Å². The van der Waals surface area contributed by atoms with Gasteiger partial charge in [-0.25, -0.2) is 4.79 Å². The molecule has 32 heavy (non-hydrogen) atoms. The highest BCUT2D eigenvalue weighted by molar-refractivity contribution is 5.91. The average Bonchev–Trinajstić information content (AvgIpc) is 2.73. The van der Waals surface area contributed by atoms with Gasteiger partial charge < -0.3 is 15.0 Å². The predicted molar refractivity (Wildman–Crippen MR) is 128 cm³/mol. The molecule has 0 aromatic rings. The highest BCUT2D eigenvalue weighted by atomic mass is 16.5. The molecule has 1 saturated heterocycles. The molecular formula is C25H45N3O4. The van der Waals surface area contributed by atoms with Crippen molar-refractivity contribution in [2.24, 2.45) is 11.3 Å². The van der Waals surface area contributed by atoms with Gasteiger partial charge in [0.2, 0.25) is 11.8 Å². The fourth-order valence-electron chi connectivity index (χ4n) is 4.22. The second kappa shape index (κ2) is 12.4. The third-order valence-corrected chi connectivity index (χ3v) is 6.22. The molecule has 1 heterocycles. The summed E-state index contributed by atoms with van der Waals surface area (Å²) < 4.78 is 5.09. The molecule has 0 radical (unpaired) electrons. The Kier molecular flexibility index (Phi) is 10.9. The zero-order chi connectivity index (χ0) is 24.6. The number of hydrogen-bond acceptors (Lipinski definition) is 5. The van der Waals surface area contributed by atoms with Crippen molar-refractivity contribution in [3.05, 3.63) is 11.6 Å². The SMILES string of the molecule is CCOC(=O)/C(C)=C/[C@H](C(C)C)N(C)C(=O)[C@@H](NC(=O)C1CCCCN1CC)C(C)(C)C. The van der Waals surface area contributed by atoms with Crippen molar-refractivity contribution >= 4 is 17.8 Å². The summed E-state index contributed by atoms with van der Waals surface area (Å²) in [6, 6.07) is -1.16. The van der Waals surface area contributed by atoms with E-state index in [0.717, 1.165) is 32.4 Å². The lowest BCUT2D eigenvalue weighted by Gasteiger charge is -2.39. The molecule has 1 rings (SSSR count). The molecule has 0 saturated carbocycles. The molecule has 1 aliphatic rings. The second-order valence-corrected chi connectivity index (χ2v) is 10.2. The smallest absolute Gasteiger partial charge is 0.333 e. The van der Waals surface area contributed by atoms with Crippen LogP contribution in [0.3, 0.4) is 0 Å². The van der Waals surface area contributed by atoms with Gasteiger partial charge in [0.15, 0.2) is 0 Å². The van der Waals surface area contributed by atoms with Gasteiger partial charge in [-0.15, -0.1) is 0 Å². The first-order valence-corrected chi connectivity index (χ1v) is 12.0. The maximum Gasteiger partial charge on any atom is 0.333 e. The number of hydrogen-bond donors (Lipinski definition) is 1. The Morgan fingerprint density at radius 2 is 1.81 bits per heavy atom. The van der Waals surface area contributed by atoms with E-state index in [-0.39, 0.29) is 35.8 Å². The fourth-order valence-corrected chi connectivity index (χ4v) is 4.22. The van der Waals surface area contributed by atoms with E-state index in [1.54, 1.807) is 31.9 Å². The van der Waals surface area contributed by atoms with Gasteiger partial charge in [-0.1, -0.05) is 54.0 Å². The van der Waals surface area contributed by atoms with E-state index in [1.807, 2.05) is 34.6 Å². The molecule has 1 unspecified atom stereocenters. The number of carbonyl (C=O) groups is 3. The number of amides is 2. The van der Waals surface area contributed by atoms with E-state index in [4.69, 9.17) is 4.74 Å². The first-order valence-electron chi connectivity index (χ1n) is 12.0. The minimum absolute atomic E-state index is 0.0763. The van der Waals surface area contributed by atoms with Crippen LogP contribution in [0.15, 0.2) is 11.6 Å². The maximum absolute atomic E-state index is 13.6. The summed E-state index contributed by atoms with van der Waals surface area (Å²) >= 11 is 0. The highest BCUT2D eigenvalue weighted by Crippen LogP contribution is 2.25. The fraction of sp³-hybridized carbons (Fsp3) is 0.800. The predicted octanol–water partition coefficient (Wildman–Crippen LogP) is 3.38. The molecule has 0 aromatic carbocycles. The van der Waals surface area contributed by atoms with Crippen LogP contribution < -0.4 is 5.32 Å². The van der Waals surface area contributed by atoms with Crippen LogP contribution in [0, 0.1) is 11.3 Å². The molecule has 0 bridgehead atoms. The number of nitrogens with zero attached hydrogens (tertiary/aromatic N) is 2. The summed E-state index contributed by atoms with van der Waals surface area (Å²) in [5, 5.41) is 3.08. The van der Waals surface area contributed by atoms with Crippen LogP contribution in [0.2, 0.25) is 0 Å². The Morgan fingerprint density at radius 3 is 2.31 bits per heavy atom. The van der Waals surface area contributed by atoms with Crippen molar-refractivity contribution in [1.82, 2.24) is 15.1 Å². The first kappa shape index (κ1) is 28.1. The van der Waals surface area contributed by atoms with Gasteiger partial charge >= 0.3 is 5.97 Å². The molecular weight excluding hydrogens is 406 g/mol. The normalized spacial score (nSPS) is 19.9. The van der Waals surface area contributed by atoms with Crippen LogP contribution in [-0.2, 0) is 19.1 Å². The minimum atomic E-state index is -0.668. The number of piperidine rings is 1. The summed E-state index contributed by atoms with van der Waals surface area (Å²) in [6.45, 7) is 17.5. The van der Waals surface area contributed by atoms with Crippen molar-refractivity contribution in [3.8, 4) is 0 Å². The van der Waals surface area contributed by atoms with Crippen molar-refractivity contribution in [3.63, 3.8) is 0 Å². The van der Waals surface area contributed by atoms with Crippen LogP contribution in [0.4, 0.5) is 0 Å². The second-order valence-electron chi connectivity index (χ2n) is 10.2. The highest BCUT2D eigenvalue weighted by Gasteiger charge is 2.39. The average molecular weight is 452 g/mol. The van der Waals surface area contributed by atoms with Crippen molar-refractivity contribution in [1.29, 1.82) is 0 Å². The Morgan fingerprint density at radius 1 is 1.19 bits per heavy atom. The standard InChI is InChI=1S/C25H45N3O4/c1-10-28-15-13-12-14-19(28)22(29)26-21(25(6,7)8)23(30)27(9)20(17(3)4)16-18(5)24(31)32-11-2/h16-17,19-21H,10-15H2,1-9H3,(H,26,29)/b18-16+/t19?,20-,21-/m1/s1. The number of rotatable bonds is 9. The molecule has 1 N–H and O–H groups in total. The van der Waals surface area contributed by atoms with Gasteiger partial charge in [-0.05, 0) is 51.1 Å². The molecule has 1 aliphatic heterocycles. The van der Waals surface area contributed by atoms with E-state index >= 15 is 0 Å². The first-order chi connectivity index (χ1) is 14.8. The summed E-state index contributed by atoms with van der Waals surface area (Å²) in [5.41, 5.74) is 0.0102. The molecule has 3 atom stereocenters. The molecule has 184 valence electrons. The zero-order valence-electron chi connectivity index (χ0n) is 21.7. The molecule has 0 spiro atoms. The van der Waals surface area contributed by atoms with E-state index < -0.39 is 11.5 Å². The van der Waals surface area contributed by atoms with Gasteiger partial charge in [0.1, 0.15) is 6.04 Å². The number of ether oxygens (including phenoxy) is 1. The van der Waals surface area contributed by atoms with Gasteiger partial charge in [0, 0.05) is 12.6 Å². The molecule has 7 nitrogen and oxygen atoms in total. The van der Waals surface area contributed by atoms with Crippen LogP contribution in [0.25, 0.3) is 0 Å². The van der Waals surface area contributed by atoms with Crippen molar-refractivity contribution in [2.45, 2.75) is 92.8 Å². The summed E-state index contributed by atoms with van der Waals surface area (Å²) in [6.07, 6.45) is 4.74. The Hall–Kier alpha value is -1.89. The Labute approximate surface area is 194 Å². The van der Waals surface area contributed by atoms with E-state index in [0.29, 0.717) is 12.2 Å². The monoisotopic (exact) mass is 451 g/mol. The summed E-state index contributed by atoms with van der Waals surface area (Å²) in [7, 11) is 1.74. The van der Waals surface area contributed by atoms with Gasteiger partial charge in [-0.3, -0.25) is 14.5 Å². The number of esters is 1. The van der Waals surface area contributed by atoms with Crippen LogP contribution in [0.1, 0.15) is 74.7 Å². The summed E-state index contributed by atoms with van der Waals surface area (Å²) in [4.78, 5) is 42.8. The number of likely N-dealkylation sites (N-methyl/N-ethyl adjacent to an activating group) is 2. The Balaban J connectivity index is 3.12. The number of carbonyl (C=O) groups excluding carboxylic acids is 3. The molecule has 2 amide bonds. The summed E-state index contributed by atoms with van der Waals surface area (Å²) in [5.74, 6) is -0.529. The number of likely N-dealkylation sites (tertiary alicyclic amines) is 1. The van der Waals surface area contributed by atoms with Crippen LogP contribution in [0.5, 0.6) is 0 Å². The lowest BCUT2D eigenvalue weighted by atomic mass is 9.84. The van der Waals surface area contributed by atoms with Crippen molar-refractivity contribution in [2.75, 3.05) is 26.7 Å². The molecule has 0 aliphatic carbocycles. The van der Waals surface area contributed by atoms with E-state index in [1.165, 1.54) is 0 Å². The Bertz CT molecular complexity index is 681. The molecule has 0 aromatic heterocycles. The zero-order valence-corrected chi connectivity index (χ0v) is 21.7. The van der Waals surface area contributed by atoms with Gasteiger partial charge in [-0.2, -0.15) is 0 Å². The molecule has 1 fully saturated rings. The number of nitrogens with one attached hydrogen (secondary N) is 1. The third-order valence-electron chi connectivity index (χ3n) is 6.22. The third kappa shape index (κ3) is 7.61. The maximum atomic E-state index is 13.6. The van der Waals surface area contributed by atoms with Crippen molar-refractivity contribution < 1.29 is 19.1 Å². The quantitative estimate of drug-likeness (QED) is 0.429. The van der Waals surface area contributed by atoms with Gasteiger partial charge in [0.25, 0.3) is 0 Å². The van der Waals surface area contributed by atoms with E-state index in [2.05, 4.69) is 17.1 Å². The molecule has 7 heteroatoms. The van der Waals surface area contributed by atoms with Gasteiger partial charge in [0.05, 0.1) is 18.7 Å². The lowest BCUT2D eigenvalue weighted by Crippen LogP contribution is -2.60. The minimum Gasteiger partial charge on any atom is -0.463 e. The lowest BCUT2D eigenvalue weighted by molar-refractivity contribution is -0.142. The largest absolute Gasteiger partial charge is 0.463 e. The van der Waals surface area contributed by atoms with Crippen LogP contribution in [-0.4, -0.2) is 72.5 Å². The van der Waals surface area contributed by atoms with Crippen LogP contribution >= 0.6 is 0 Å². The van der Waals surface area contributed by atoms with E-state index in [9.17, 15) is 14.4 Å².